The molecule has 1 N–H and O–H groups in total. The van der Waals surface area contributed by atoms with E-state index in [1.807, 2.05) is 51.1 Å². The monoisotopic (exact) mass is 341 g/mol. The molecule has 2 aromatic rings. The molecule has 1 aliphatic rings. The van der Waals surface area contributed by atoms with Gasteiger partial charge in [0.25, 0.3) is 5.91 Å². The summed E-state index contributed by atoms with van der Waals surface area (Å²) in [7, 11) is 0. The van der Waals surface area contributed by atoms with Crippen molar-refractivity contribution in [3.05, 3.63) is 53.1 Å². The van der Waals surface area contributed by atoms with E-state index in [1.54, 1.807) is 0 Å². The SMILES string of the molecule is Cc1cc(C)cc(OCC(=O)NC(C)c2ccc3c(c2)OCCO3)c1. The number of fused-ring (bicyclic) bond motifs is 1. The van der Waals surface area contributed by atoms with Crippen molar-refractivity contribution in [2.24, 2.45) is 0 Å². The molecule has 0 radical (unpaired) electrons. The van der Waals surface area contributed by atoms with Crippen LogP contribution < -0.4 is 19.5 Å². The quantitative estimate of drug-likeness (QED) is 0.906. The third-order valence-corrected chi connectivity index (χ3v) is 4.01. The Morgan fingerprint density at radius 1 is 1.08 bits per heavy atom. The fraction of sp³-hybridized carbons (Fsp3) is 0.350. The fourth-order valence-electron chi connectivity index (χ4n) is 2.86. The predicted molar refractivity (Wildman–Crippen MR) is 95.4 cm³/mol. The van der Waals surface area contributed by atoms with Crippen LogP contribution in [-0.2, 0) is 4.79 Å². The zero-order valence-electron chi connectivity index (χ0n) is 14.8. The summed E-state index contributed by atoms with van der Waals surface area (Å²) in [5.41, 5.74) is 3.18. The van der Waals surface area contributed by atoms with Crippen LogP contribution in [0.5, 0.6) is 17.2 Å². The lowest BCUT2D eigenvalue weighted by molar-refractivity contribution is -0.123. The maximum absolute atomic E-state index is 12.2. The molecule has 2 aromatic carbocycles. The molecule has 1 unspecified atom stereocenters. The molecular weight excluding hydrogens is 318 g/mol. The van der Waals surface area contributed by atoms with Crippen molar-refractivity contribution >= 4 is 5.91 Å². The Balaban J connectivity index is 1.57. The van der Waals surface area contributed by atoms with Crippen LogP contribution in [0.1, 0.15) is 29.7 Å². The van der Waals surface area contributed by atoms with E-state index in [0.29, 0.717) is 19.0 Å². The van der Waals surface area contributed by atoms with Crippen LogP contribution in [-0.4, -0.2) is 25.7 Å². The van der Waals surface area contributed by atoms with Gasteiger partial charge in [-0.3, -0.25) is 4.79 Å². The van der Waals surface area contributed by atoms with Gasteiger partial charge in [-0.25, -0.2) is 0 Å². The van der Waals surface area contributed by atoms with E-state index < -0.39 is 0 Å². The minimum absolute atomic E-state index is 0.0161. The highest BCUT2D eigenvalue weighted by Crippen LogP contribution is 2.32. The third kappa shape index (κ3) is 4.44. The number of aryl methyl sites for hydroxylation is 2. The third-order valence-electron chi connectivity index (χ3n) is 4.01. The minimum atomic E-state index is -0.165. The molecule has 0 aliphatic carbocycles. The molecule has 0 spiro atoms. The lowest BCUT2D eigenvalue weighted by atomic mass is 10.1. The van der Waals surface area contributed by atoms with Crippen molar-refractivity contribution in [2.75, 3.05) is 19.8 Å². The second-order valence-corrected chi connectivity index (χ2v) is 6.30. The van der Waals surface area contributed by atoms with Crippen molar-refractivity contribution in [3.8, 4) is 17.2 Å². The molecule has 1 aliphatic heterocycles. The van der Waals surface area contributed by atoms with Gasteiger partial charge in [-0.1, -0.05) is 12.1 Å². The van der Waals surface area contributed by atoms with Crippen LogP contribution in [0.2, 0.25) is 0 Å². The minimum Gasteiger partial charge on any atom is -0.486 e. The molecule has 0 saturated carbocycles. The van der Waals surface area contributed by atoms with Gasteiger partial charge in [0.15, 0.2) is 18.1 Å². The number of hydrogen-bond donors (Lipinski definition) is 1. The zero-order valence-corrected chi connectivity index (χ0v) is 14.8. The highest BCUT2D eigenvalue weighted by Gasteiger charge is 2.16. The first-order valence-corrected chi connectivity index (χ1v) is 8.41. The number of nitrogens with one attached hydrogen (secondary N) is 1. The first-order chi connectivity index (χ1) is 12.0. The number of carbonyl (C=O) groups excluding carboxylic acids is 1. The maximum Gasteiger partial charge on any atom is 0.258 e. The second kappa shape index (κ2) is 7.47. The molecule has 5 heteroatoms. The first kappa shape index (κ1) is 17.1. The van der Waals surface area contributed by atoms with Gasteiger partial charge in [-0.15, -0.1) is 0 Å². The number of carbonyl (C=O) groups is 1. The summed E-state index contributed by atoms with van der Waals surface area (Å²) in [6, 6.07) is 11.5. The van der Waals surface area contributed by atoms with Crippen molar-refractivity contribution in [3.63, 3.8) is 0 Å². The van der Waals surface area contributed by atoms with Gasteiger partial charge in [0, 0.05) is 0 Å². The maximum atomic E-state index is 12.2. The number of rotatable bonds is 5. The summed E-state index contributed by atoms with van der Waals surface area (Å²) in [4.78, 5) is 12.2. The van der Waals surface area contributed by atoms with E-state index in [9.17, 15) is 4.79 Å². The number of ether oxygens (including phenoxy) is 3. The van der Waals surface area contributed by atoms with Crippen molar-refractivity contribution in [1.82, 2.24) is 5.32 Å². The highest BCUT2D eigenvalue weighted by molar-refractivity contribution is 5.78. The van der Waals surface area contributed by atoms with Gasteiger partial charge in [0.1, 0.15) is 19.0 Å². The van der Waals surface area contributed by atoms with E-state index in [2.05, 4.69) is 11.4 Å². The van der Waals surface area contributed by atoms with Gasteiger partial charge < -0.3 is 19.5 Å². The normalized spacial score (nSPS) is 13.9. The first-order valence-electron chi connectivity index (χ1n) is 8.41. The van der Waals surface area contributed by atoms with Gasteiger partial charge in [0.05, 0.1) is 6.04 Å². The molecule has 132 valence electrons. The Bertz CT molecular complexity index is 752. The van der Waals surface area contributed by atoms with Gasteiger partial charge in [-0.2, -0.15) is 0 Å². The van der Waals surface area contributed by atoms with E-state index in [4.69, 9.17) is 14.2 Å². The molecule has 0 bridgehead atoms. The molecule has 1 heterocycles. The number of hydrogen-bond acceptors (Lipinski definition) is 4. The lowest BCUT2D eigenvalue weighted by Crippen LogP contribution is -2.31. The van der Waals surface area contributed by atoms with Crippen LogP contribution in [0.25, 0.3) is 0 Å². The molecular formula is C20H23NO4. The molecule has 0 saturated heterocycles. The van der Waals surface area contributed by atoms with Gasteiger partial charge >= 0.3 is 0 Å². The summed E-state index contributed by atoms with van der Waals surface area (Å²) in [5, 5.41) is 2.94. The van der Waals surface area contributed by atoms with Crippen LogP contribution in [0.3, 0.4) is 0 Å². The van der Waals surface area contributed by atoms with Crippen molar-refractivity contribution in [1.29, 1.82) is 0 Å². The lowest BCUT2D eigenvalue weighted by Gasteiger charge is -2.21. The van der Waals surface area contributed by atoms with Gasteiger partial charge in [0.2, 0.25) is 0 Å². The largest absolute Gasteiger partial charge is 0.486 e. The Hall–Kier alpha value is -2.69. The number of amides is 1. The summed E-state index contributed by atoms with van der Waals surface area (Å²) < 4.78 is 16.7. The highest BCUT2D eigenvalue weighted by atomic mass is 16.6. The van der Waals surface area contributed by atoms with Crippen LogP contribution >= 0.6 is 0 Å². The molecule has 5 nitrogen and oxygen atoms in total. The topological polar surface area (TPSA) is 56.8 Å². The van der Waals surface area contributed by atoms with Crippen molar-refractivity contribution < 1.29 is 19.0 Å². The van der Waals surface area contributed by atoms with Crippen LogP contribution in [0.4, 0.5) is 0 Å². The van der Waals surface area contributed by atoms with Crippen LogP contribution in [0, 0.1) is 13.8 Å². The van der Waals surface area contributed by atoms with Crippen molar-refractivity contribution in [2.45, 2.75) is 26.8 Å². The Kier molecular flexibility index (Phi) is 5.12. The van der Waals surface area contributed by atoms with E-state index in [-0.39, 0.29) is 18.6 Å². The molecule has 1 atom stereocenters. The van der Waals surface area contributed by atoms with E-state index >= 15 is 0 Å². The summed E-state index contributed by atoms with van der Waals surface area (Å²) >= 11 is 0. The zero-order chi connectivity index (χ0) is 17.8. The number of benzene rings is 2. The summed E-state index contributed by atoms with van der Waals surface area (Å²) in [6.07, 6.45) is 0. The molecule has 0 aromatic heterocycles. The Morgan fingerprint density at radius 2 is 1.76 bits per heavy atom. The molecule has 1 amide bonds. The van der Waals surface area contributed by atoms with E-state index in [1.165, 1.54) is 0 Å². The smallest absolute Gasteiger partial charge is 0.258 e. The van der Waals surface area contributed by atoms with Crippen LogP contribution in [0.15, 0.2) is 36.4 Å². The summed E-state index contributed by atoms with van der Waals surface area (Å²) in [5.74, 6) is 2.00. The molecule has 25 heavy (non-hydrogen) atoms. The standard InChI is InChI=1S/C20H23NO4/c1-13-8-14(2)10-17(9-13)25-12-20(22)21-15(3)16-4-5-18-19(11-16)24-7-6-23-18/h4-5,8-11,15H,6-7,12H2,1-3H3,(H,21,22). The molecule has 0 fully saturated rings. The van der Waals surface area contributed by atoms with Gasteiger partial charge in [-0.05, 0) is 61.7 Å². The Labute approximate surface area is 147 Å². The average Bonchev–Trinajstić information content (AvgIpc) is 2.58. The fourth-order valence-corrected chi connectivity index (χ4v) is 2.86. The summed E-state index contributed by atoms with van der Waals surface area (Å²) in [6.45, 7) is 7.03. The average molecular weight is 341 g/mol. The van der Waals surface area contributed by atoms with E-state index in [0.717, 1.165) is 28.2 Å². The Morgan fingerprint density at radius 3 is 2.48 bits per heavy atom. The molecule has 3 rings (SSSR count). The predicted octanol–water partition coefficient (Wildman–Crippen LogP) is 3.33. The second-order valence-electron chi connectivity index (χ2n) is 6.30.